The highest BCUT2D eigenvalue weighted by Crippen LogP contribution is 2.43. The van der Waals surface area contributed by atoms with Crippen molar-refractivity contribution in [3.8, 4) is 0 Å². The second-order valence-corrected chi connectivity index (χ2v) is 26.6. The predicted octanol–water partition coefficient (Wildman–Crippen LogP) is 24.4. The molecule has 0 amide bonds. The molecule has 0 rings (SSSR count). The molecule has 0 saturated carbocycles. The molecule has 2 unspecified atom stereocenters. The molecule has 500 valence electrons. The largest absolute Gasteiger partial charge is 0.472 e. The van der Waals surface area contributed by atoms with Crippen LogP contribution in [0.5, 0.6) is 0 Å². The highest BCUT2D eigenvalue weighted by atomic mass is 31.2. The van der Waals surface area contributed by atoms with Crippen LogP contribution in [0.3, 0.4) is 0 Å². The molecule has 0 aromatic heterocycles. The molecular formula is C75H142NO8P. The Morgan fingerprint density at radius 1 is 0.353 bits per heavy atom. The Bertz CT molecular complexity index is 1530. The maximum absolute atomic E-state index is 12.8. The highest BCUT2D eigenvalue weighted by molar-refractivity contribution is 7.47. The molecule has 0 saturated heterocycles. The number of hydrogen-bond acceptors (Lipinski definition) is 8. The molecule has 0 spiro atoms. The second kappa shape index (κ2) is 71.1. The molecule has 2 atom stereocenters. The van der Waals surface area contributed by atoms with Crippen LogP contribution in [-0.2, 0) is 32.7 Å². The molecule has 0 aliphatic rings. The summed E-state index contributed by atoms with van der Waals surface area (Å²) in [6, 6.07) is 0. The average molecular weight is 1220 g/mol. The minimum atomic E-state index is -4.39. The van der Waals surface area contributed by atoms with E-state index in [0.29, 0.717) is 6.42 Å². The van der Waals surface area contributed by atoms with Crippen molar-refractivity contribution in [2.24, 2.45) is 5.73 Å². The van der Waals surface area contributed by atoms with E-state index < -0.39 is 26.5 Å². The van der Waals surface area contributed by atoms with Gasteiger partial charge in [0.1, 0.15) is 6.61 Å². The third-order valence-electron chi connectivity index (χ3n) is 16.7. The smallest absolute Gasteiger partial charge is 0.462 e. The lowest BCUT2D eigenvalue weighted by Gasteiger charge is -2.19. The molecule has 0 aliphatic heterocycles. The Labute approximate surface area is 527 Å². The van der Waals surface area contributed by atoms with Gasteiger partial charge in [-0.1, -0.05) is 345 Å². The summed E-state index contributed by atoms with van der Waals surface area (Å²) in [5.41, 5.74) is 5.40. The van der Waals surface area contributed by atoms with Gasteiger partial charge >= 0.3 is 19.8 Å². The van der Waals surface area contributed by atoms with Gasteiger partial charge in [-0.3, -0.25) is 18.6 Å². The van der Waals surface area contributed by atoms with Crippen LogP contribution in [0.15, 0.2) is 48.6 Å². The fourth-order valence-corrected chi connectivity index (χ4v) is 11.9. The fraction of sp³-hybridized carbons (Fsp3) is 0.867. The molecular weight excluding hydrogens is 1070 g/mol. The molecule has 85 heavy (non-hydrogen) atoms. The van der Waals surface area contributed by atoms with Crippen molar-refractivity contribution in [2.75, 3.05) is 26.4 Å². The average Bonchev–Trinajstić information content (AvgIpc) is 3.52. The van der Waals surface area contributed by atoms with Gasteiger partial charge in [0, 0.05) is 19.4 Å². The first-order valence-electron chi connectivity index (χ1n) is 37.1. The van der Waals surface area contributed by atoms with Gasteiger partial charge in [0.15, 0.2) is 6.10 Å². The number of hydrogen-bond donors (Lipinski definition) is 2. The van der Waals surface area contributed by atoms with Gasteiger partial charge in [-0.2, -0.15) is 0 Å². The Balaban J connectivity index is 3.77. The number of unbranched alkanes of at least 4 members (excludes halogenated alkanes) is 50. The Morgan fingerprint density at radius 2 is 0.612 bits per heavy atom. The molecule has 0 aromatic rings. The van der Waals surface area contributed by atoms with E-state index in [1.165, 1.54) is 295 Å². The van der Waals surface area contributed by atoms with Crippen LogP contribution in [0, 0.1) is 0 Å². The molecule has 3 N–H and O–H groups in total. The van der Waals surface area contributed by atoms with Crippen LogP contribution >= 0.6 is 7.82 Å². The summed E-state index contributed by atoms with van der Waals surface area (Å²) in [6.45, 7) is 3.79. The standard InChI is InChI=1S/C75H142NO8P/c1-3-5-7-9-11-13-15-17-19-21-23-25-27-29-30-31-32-33-34-35-36-37-38-39-40-41-42-44-45-47-49-51-53-55-57-59-61-63-65-67-74(77)81-71-73(72-83-85(79,80)82-70-69-76)84-75(78)68-66-64-62-60-58-56-54-52-50-48-46-43-28-26-24-22-20-18-16-14-12-10-8-6-4-2/h16,18,21-24,28,43,73H,3-15,17,19-20,25-27,29-42,44-72,76H2,1-2H3,(H,79,80)/b18-16-,23-21-,24-22-,43-28-. The summed E-state index contributed by atoms with van der Waals surface area (Å²) >= 11 is 0. The number of esters is 2. The summed E-state index contributed by atoms with van der Waals surface area (Å²) < 4.78 is 33.2. The highest BCUT2D eigenvalue weighted by Gasteiger charge is 2.26. The van der Waals surface area contributed by atoms with E-state index in [4.69, 9.17) is 24.3 Å². The summed E-state index contributed by atoms with van der Waals surface area (Å²) in [4.78, 5) is 35.4. The lowest BCUT2D eigenvalue weighted by molar-refractivity contribution is -0.161. The first-order valence-corrected chi connectivity index (χ1v) is 38.6. The number of carbonyl (C=O) groups excluding carboxylic acids is 2. The SMILES string of the molecule is CCCCCCC/C=C\C/C=C\C/C=C\CCCCCCCCCCCCC(=O)OC(COC(=O)CCCCCCCCCCCCCCCCCCCCCCCCCCCCC/C=C\CCCCCCCCCC)COP(=O)(O)OCCN. The van der Waals surface area contributed by atoms with Crippen LogP contribution in [0.1, 0.15) is 386 Å². The van der Waals surface area contributed by atoms with E-state index in [0.717, 1.165) is 57.8 Å². The second-order valence-electron chi connectivity index (χ2n) is 25.2. The molecule has 0 aromatic carbocycles. The van der Waals surface area contributed by atoms with Crippen molar-refractivity contribution >= 4 is 19.8 Å². The Morgan fingerprint density at radius 3 is 0.918 bits per heavy atom. The molecule has 0 fully saturated rings. The van der Waals surface area contributed by atoms with Crippen molar-refractivity contribution in [3.05, 3.63) is 48.6 Å². The number of carbonyl (C=O) groups is 2. The number of ether oxygens (including phenoxy) is 2. The number of phosphoric acid groups is 1. The van der Waals surface area contributed by atoms with E-state index in [9.17, 15) is 19.0 Å². The van der Waals surface area contributed by atoms with E-state index in [2.05, 4.69) is 62.5 Å². The van der Waals surface area contributed by atoms with E-state index in [1.807, 2.05) is 0 Å². The summed E-state index contributed by atoms with van der Waals surface area (Å²) in [7, 11) is -4.39. The zero-order valence-corrected chi connectivity index (χ0v) is 57.3. The van der Waals surface area contributed by atoms with Crippen LogP contribution in [0.4, 0.5) is 0 Å². The molecule has 0 radical (unpaired) electrons. The van der Waals surface area contributed by atoms with E-state index in [1.54, 1.807) is 0 Å². The quantitative estimate of drug-likeness (QED) is 0.0264. The molecule has 0 heterocycles. The summed E-state index contributed by atoms with van der Waals surface area (Å²) in [5.74, 6) is -0.814. The topological polar surface area (TPSA) is 134 Å². The first-order chi connectivity index (χ1) is 41.8. The van der Waals surface area contributed by atoms with Crippen LogP contribution in [0.25, 0.3) is 0 Å². The molecule has 9 nitrogen and oxygen atoms in total. The van der Waals surface area contributed by atoms with Crippen molar-refractivity contribution in [2.45, 2.75) is 392 Å². The normalized spacial score (nSPS) is 13.1. The van der Waals surface area contributed by atoms with Gasteiger partial charge in [-0.05, 0) is 77.0 Å². The number of phosphoric ester groups is 1. The zero-order valence-electron chi connectivity index (χ0n) is 56.4. The lowest BCUT2D eigenvalue weighted by atomic mass is 10.0. The number of allylic oxidation sites excluding steroid dienone is 8. The van der Waals surface area contributed by atoms with Crippen LogP contribution in [-0.4, -0.2) is 49.3 Å². The van der Waals surface area contributed by atoms with Crippen molar-refractivity contribution in [1.82, 2.24) is 0 Å². The Kier molecular flexibility index (Phi) is 69.4. The number of nitrogens with two attached hydrogens (primary N) is 1. The van der Waals surface area contributed by atoms with Gasteiger partial charge < -0.3 is 20.1 Å². The maximum atomic E-state index is 12.8. The van der Waals surface area contributed by atoms with Gasteiger partial charge in [0.25, 0.3) is 0 Å². The number of rotatable bonds is 71. The van der Waals surface area contributed by atoms with E-state index >= 15 is 0 Å². The van der Waals surface area contributed by atoms with Crippen LogP contribution < -0.4 is 5.73 Å². The fourth-order valence-electron chi connectivity index (χ4n) is 11.2. The first kappa shape index (κ1) is 83.0. The van der Waals surface area contributed by atoms with Crippen molar-refractivity contribution in [1.29, 1.82) is 0 Å². The van der Waals surface area contributed by atoms with Gasteiger partial charge in [0.2, 0.25) is 0 Å². The lowest BCUT2D eigenvalue weighted by Crippen LogP contribution is -2.29. The summed E-state index contributed by atoms with van der Waals surface area (Å²) in [6.07, 6.45) is 90.9. The third kappa shape index (κ3) is 70.9. The van der Waals surface area contributed by atoms with E-state index in [-0.39, 0.29) is 38.6 Å². The molecule has 0 bridgehead atoms. The van der Waals surface area contributed by atoms with Gasteiger partial charge in [0.05, 0.1) is 13.2 Å². The van der Waals surface area contributed by atoms with Crippen LogP contribution in [0.2, 0.25) is 0 Å². The Hall–Kier alpha value is -2.03. The molecule has 0 aliphatic carbocycles. The van der Waals surface area contributed by atoms with Gasteiger partial charge in [-0.25, -0.2) is 4.57 Å². The third-order valence-corrected chi connectivity index (χ3v) is 17.7. The molecule has 10 heteroatoms. The minimum absolute atomic E-state index is 0.0535. The summed E-state index contributed by atoms with van der Waals surface area (Å²) in [5, 5.41) is 0. The maximum Gasteiger partial charge on any atom is 0.472 e. The van der Waals surface area contributed by atoms with Crippen molar-refractivity contribution < 1.29 is 37.6 Å². The predicted molar refractivity (Wildman–Crippen MR) is 367 cm³/mol. The zero-order chi connectivity index (χ0) is 61.6. The van der Waals surface area contributed by atoms with Gasteiger partial charge in [-0.15, -0.1) is 0 Å². The minimum Gasteiger partial charge on any atom is -0.462 e. The van der Waals surface area contributed by atoms with Crippen molar-refractivity contribution in [3.63, 3.8) is 0 Å². The monoisotopic (exact) mass is 1220 g/mol.